The molecule has 0 saturated carbocycles. The summed E-state index contributed by atoms with van der Waals surface area (Å²) in [6.45, 7) is 0.518. The number of rotatable bonds is 6. The van der Waals surface area contributed by atoms with Gasteiger partial charge in [-0.15, -0.1) is 0 Å². The molecule has 0 aliphatic rings. The van der Waals surface area contributed by atoms with Gasteiger partial charge >= 0.3 is 0 Å². The molecule has 6 heteroatoms. The molecule has 0 aliphatic heterocycles. The van der Waals surface area contributed by atoms with Crippen LogP contribution in [0.5, 0.6) is 11.5 Å². The molecule has 0 radical (unpaired) electrons. The van der Waals surface area contributed by atoms with E-state index >= 15 is 0 Å². The van der Waals surface area contributed by atoms with Gasteiger partial charge in [0.25, 0.3) is 0 Å². The number of benzene rings is 2. The second kappa shape index (κ2) is 8.38. The van der Waals surface area contributed by atoms with Crippen molar-refractivity contribution in [2.24, 2.45) is 4.99 Å². The zero-order chi connectivity index (χ0) is 17.7. The molecule has 0 heterocycles. The Morgan fingerprint density at radius 1 is 1.25 bits per heavy atom. The number of methoxy groups -OCH3 is 1. The van der Waals surface area contributed by atoms with Crippen molar-refractivity contribution in [1.82, 2.24) is 4.90 Å². The molecule has 2 rings (SSSR count). The monoisotopic (exact) mass is 366 g/mol. The van der Waals surface area contributed by atoms with Gasteiger partial charge in [0.05, 0.1) is 24.7 Å². The second-order valence-electron chi connectivity index (χ2n) is 5.58. The Labute approximate surface area is 152 Å². The van der Waals surface area contributed by atoms with Crippen LogP contribution >= 0.6 is 23.2 Å². The Morgan fingerprint density at radius 3 is 2.67 bits per heavy atom. The number of phenolic OH excluding ortho intramolecular Hbond substituents is 1. The first-order chi connectivity index (χ1) is 11.4. The Hall–Kier alpha value is -1.75. The van der Waals surface area contributed by atoms with Gasteiger partial charge in [-0.05, 0) is 43.9 Å². The highest BCUT2D eigenvalue weighted by molar-refractivity contribution is 6.36. The first-order valence-electron chi connectivity index (χ1n) is 7.40. The summed E-state index contributed by atoms with van der Waals surface area (Å²) >= 11 is 11.9. The lowest BCUT2D eigenvalue weighted by Gasteiger charge is -2.23. The standard InChI is InChI=1S/C18H20Cl2N2O2/c1-22(2)17(12-5-4-6-15(8-12)24-3)11-21-10-13-7-14(19)9-16(20)18(13)23/h4-10,17,23H,11H2,1-3H3/t17-/m1/s1. The van der Waals surface area contributed by atoms with E-state index in [1.807, 2.05) is 38.4 Å². The summed E-state index contributed by atoms with van der Waals surface area (Å²) < 4.78 is 5.28. The maximum absolute atomic E-state index is 9.97. The molecule has 0 spiro atoms. The molecule has 1 N–H and O–H groups in total. The summed E-state index contributed by atoms with van der Waals surface area (Å²) in [4.78, 5) is 6.53. The van der Waals surface area contributed by atoms with Crippen LogP contribution in [0, 0.1) is 0 Å². The first-order valence-corrected chi connectivity index (χ1v) is 8.16. The third-order valence-corrected chi connectivity index (χ3v) is 4.17. The molecule has 2 aromatic rings. The number of aromatic hydroxyl groups is 1. The Balaban J connectivity index is 2.20. The topological polar surface area (TPSA) is 45.1 Å². The van der Waals surface area contributed by atoms with Crippen LogP contribution in [0.1, 0.15) is 17.2 Å². The van der Waals surface area contributed by atoms with Crippen molar-refractivity contribution in [3.63, 3.8) is 0 Å². The molecule has 0 unspecified atom stereocenters. The van der Waals surface area contributed by atoms with Crippen LogP contribution in [0.15, 0.2) is 41.4 Å². The Kier molecular flexibility index (Phi) is 6.49. The average Bonchev–Trinajstić information content (AvgIpc) is 2.55. The zero-order valence-corrected chi connectivity index (χ0v) is 15.3. The van der Waals surface area contributed by atoms with E-state index in [4.69, 9.17) is 27.9 Å². The van der Waals surface area contributed by atoms with E-state index in [0.717, 1.165) is 11.3 Å². The van der Waals surface area contributed by atoms with E-state index < -0.39 is 0 Å². The molecule has 1 atom stereocenters. The average molecular weight is 367 g/mol. The van der Waals surface area contributed by atoms with Gasteiger partial charge < -0.3 is 14.7 Å². The number of hydrogen-bond donors (Lipinski definition) is 1. The lowest BCUT2D eigenvalue weighted by atomic mass is 10.1. The minimum atomic E-state index is -0.0207. The first kappa shape index (κ1) is 18.6. The largest absolute Gasteiger partial charge is 0.506 e. The van der Waals surface area contributed by atoms with E-state index in [9.17, 15) is 5.11 Å². The van der Waals surface area contributed by atoms with Crippen LogP contribution in [0.2, 0.25) is 10.0 Å². The predicted octanol–water partition coefficient (Wildman–Crippen LogP) is 4.43. The zero-order valence-electron chi connectivity index (χ0n) is 13.8. The minimum Gasteiger partial charge on any atom is -0.506 e. The van der Waals surface area contributed by atoms with Gasteiger partial charge in [-0.2, -0.15) is 0 Å². The lowest BCUT2D eigenvalue weighted by molar-refractivity contribution is 0.305. The molecule has 24 heavy (non-hydrogen) atoms. The summed E-state index contributed by atoms with van der Waals surface area (Å²) in [5, 5.41) is 10.6. The fourth-order valence-electron chi connectivity index (χ4n) is 2.35. The van der Waals surface area contributed by atoms with E-state index in [2.05, 4.69) is 9.89 Å². The number of nitrogens with zero attached hydrogens (tertiary/aromatic N) is 2. The quantitative estimate of drug-likeness (QED) is 0.769. The van der Waals surface area contributed by atoms with Crippen molar-refractivity contribution in [3.05, 3.63) is 57.6 Å². The summed E-state index contributed by atoms with van der Waals surface area (Å²) in [7, 11) is 5.63. The lowest BCUT2D eigenvalue weighted by Crippen LogP contribution is -2.22. The Morgan fingerprint density at radius 2 is 2.00 bits per heavy atom. The van der Waals surface area contributed by atoms with Crippen LogP contribution in [0.25, 0.3) is 0 Å². The number of aliphatic imine (C=N–C) groups is 1. The van der Waals surface area contributed by atoms with Crippen LogP contribution in [-0.4, -0.2) is 44.0 Å². The van der Waals surface area contributed by atoms with Gasteiger partial charge in [-0.1, -0.05) is 35.3 Å². The number of hydrogen-bond acceptors (Lipinski definition) is 4. The third-order valence-electron chi connectivity index (χ3n) is 3.67. The van der Waals surface area contributed by atoms with Crippen molar-refractivity contribution in [2.75, 3.05) is 27.7 Å². The highest BCUT2D eigenvalue weighted by atomic mass is 35.5. The van der Waals surface area contributed by atoms with E-state index in [0.29, 0.717) is 17.1 Å². The molecule has 0 aromatic heterocycles. The SMILES string of the molecule is COc1cccc([C@@H](CN=Cc2cc(Cl)cc(Cl)c2O)N(C)C)c1. The third kappa shape index (κ3) is 4.63. The van der Waals surface area contributed by atoms with Crippen LogP contribution < -0.4 is 4.74 Å². The van der Waals surface area contributed by atoms with Crippen LogP contribution in [0.3, 0.4) is 0 Å². The molecular formula is C18H20Cl2N2O2. The van der Waals surface area contributed by atoms with Crippen LogP contribution in [-0.2, 0) is 0 Å². The van der Waals surface area contributed by atoms with Gasteiger partial charge in [-0.25, -0.2) is 0 Å². The van der Waals surface area contributed by atoms with E-state index in [1.54, 1.807) is 19.4 Å². The van der Waals surface area contributed by atoms with Crippen LogP contribution in [0.4, 0.5) is 0 Å². The fourth-order valence-corrected chi connectivity index (χ4v) is 2.86. The highest BCUT2D eigenvalue weighted by Gasteiger charge is 2.14. The summed E-state index contributed by atoms with van der Waals surface area (Å²) in [5.41, 5.74) is 1.60. The molecular weight excluding hydrogens is 347 g/mol. The smallest absolute Gasteiger partial charge is 0.143 e. The molecule has 2 aromatic carbocycles. The number of ether oxygens (including phenoxy) is 1. The normalized spacial score (nSPS) is 12.8. The second-order valence-corrected chi connectivity index (χ2v) is 6.42. The molecule has 0 saturated heterocycles. The molecule has 4 nitrogen and oxygen atoms in total. The summed E-state index contributed by atoms with van der Waals surface area (Å²) in [6.07, 6.45) is 1.59. The van der Waals surface area contributed by atoms with Crippen molar-refractivity contribution in [3.8, 4) is 11.5 Å². The molecule has 0 aliphatic carbocycles. The molecule has 128 valence electrons. The molecule has 0 amide bonds. The van der Waals surface area contributed by atoms with Gasteiger partial charge in [0.2, 0.25) is 0 Å². The number of halogens is 2. The minimum absolute atomic E-state index is 0.0207. The van der Waals surface area contributed by atoms with Crippen molar-refractivity contribution >= 4 is 29.4 Å². The van der Waals surface area contributed by atoms with Crippen molar-refractivity contribution < 1.29 is 9.84 Å². The summed E-state index contributed by atoms with van der Waals surface area (Å²) in [6, 6.07) is 11.1. The van der Waals surface area contributed by atoms with Gasteiger partial charge in [0.1, 0.15) is 11.5 Å². The summed E-state index contributed by atoms with van der Waals surface area (Å²) in [5.74, 6) is 0.787. The predicted molar refractivity (Wildman–Crippen MR) is 100 cm³/mol. The number of likely N-dealkylation sites (N-methyl/N-ethyl adjacent to an activating group) is 1. The van der Waals surface area contributed by atoms with Gasteiger partial charge in [0, 0.05) is 16.8 Å². The maximum atomic E-state index is 9.97. The Bertz CT molecular complexity index is 733. The maximum Gasteiger partial charge on any atom is 0.143 e. The van der Waals surface area contributed by atoms with E-state index in [-0.39, 0.29) is 16.8 Å². The van der Waals surface area contributed by atoms with Crippen molar-refractivity contribution in [1.29, 1.82) is 0 Å². The number of phenols is 1. The highest BCUT2D eigenvalue weighted by Crippen LogP contribution is 2.30. The van der Waals surface area contributed by atoms with E-state index in [1.165, 1.54) is 6.07 Å². The molecule has 0 fully saturated rings. The molecule has 0 bridgehead atoms. The van der Waals surface area contributed by atoms with Crippen molar-refractivity contribution in [2.45, 2.75) is 6.04 Å². The fraction of sp³-hybridized carbons (Fsp3) is 0.278. The van der Waals surface area contributed by atoms with Gasteiger partial charge in [0.15, 0.2) is 0 Å². The van der Waals surface area contributed by atoms with Gasteiger partial charge in [-0.3, -0.25) is 4.99 Å².